The third kappa shape index (κ3) is 25.3. The molecule has 4 atom stereocenters. The Hall–Kier alpha value is -2.73. The van der Waals surface area contributed by atoms with Gasteiger partial charge in [-0.15, -0.1) is 0 Å². The quantitative estimate of drug-likeness (QED) is 0.0314. The molecule has 12 heteroatoms. The van der Waals surface area contributed by atoms with E-state index in [9.17, 15) is 34.2 Å². The van der Waals surface area contributed by atoms with Gasteiger partial charge in [0.1, 0.15) is 12.2 Å². The first-order chi connectivity index (χ1) is 23.1. The fourth-order valence-electron chi connectivity index (χ4n) is 5.06. The normalized spacial score (nSPS) is 13.5. The zero-order valence-corrected chi connectivity index (χ0v) is 30.2. The largest absolute Gasteiger partial charge is 0.466 e. The van der Waals surface area contributed by atoms with Crippen molar-refractivity contribution in [2.75, 3.05) is 13.3 Å². The maximum atomic E-state index is 12.4. The monoisotopic (exact) mass is 686 g/mol. The molecule has 0 saturated carbocycles. The molecule has 0 radical (unpaired) electrons. The fraction of sp³-hybridized carbons (Fsp3) is 0.861. The lowest BCUT2D eigenvalue weighted by Crippen LogP contribution is -2.37. The van der Waals surface area contributed by atoms with E-state index < -0.39 is 30.4 Å². The minimum absolute atomic E-state index is 0.0150. The molecule has 280 valence electrons. The van der Waals surface area contributed by atoms with E-state index in [-0.39, 0.29) is 62.5 Å². The van der Waals surface area contributed by atoms with Crippen LogP contribution < -0.4 is 10.6 Å². The van der Waals surface area contributed by atoms with Crippen molar-refractivity contribution in [1.29, 1.82) is 0 Å². The van der Waals surface area contributed by atoms with Crippen molar-refractivity contribution in [3.05, 3.63) is 0 Å². The van der Waals surface area contributed by atoms with Crippen molar-refractivity contribution in [2.45, 2.75) is 187 Å². The van der Waals surface area contributed by atoms with Crippen LogP contribution in [0.4, 0.5) is 0 Å². The molecular weight excluding hydrogens is 620 g/mol. The van der Waals surface area contributed by atoms with Crippen LogP contribution >= 0.6 is 0 Å². The number of carbonyl (C=O) groups excluding carboxylic acids is 5. The molecule has 0 aliphatic rings. The zero-order chi connectivity index (χ0) is 36.0. The molecule has 12 nitrogen and oxygen atoms in total. The van der Waals surface area contributed by atoms with Crippen LogP contribution in [0.2, 0.25) is 0 Å². The van der Waals surface area contributed by atoms with Gasteiger partial charge in [-0.2, -0.15) is 0 Å². The van der Waals surface area contributed by atoms with Gasteiger partial charge in [0.25, 0.3) is 0 Å². The van der Waals surface area contributed by atoms with Crippen molar-refractivity contribution < 1.29 is 48.4 Å². The Morgan fingerprint density at radius 3 is 1.44 bits per heavy atom. The summed E-state index contributed by atoms with van der Waals surface area (Å²) < 4.78 is 16.0. The van der Waals surface area contributed by atoms with Gasteiger partial charge in [-0.3, -0.25) is 24.0 Å². The lowest BCUT2D eigenvalue weighted by atomic mass is 10.0. The molecule has 0 aliphatic carbocycles. The second-order valence-corrected chi connectivity index (χ2v) is 12.5. The van der Waals surface area contributed by atoms with Crippen LogP contribution in [0.15, 0.2) is 0 Å². The van der Waals surface area contributed by atoms with Crippen LogP contribution in [0.5, 0.6) is 0 Å². The smallest absolute Gasteiger partial charge is 0.306 e. The molecule has 0 fully saturated rings. The Bertz CT molecular complexity index is 885. The van der Waals surface area contributed by atoms with E-state index in [4.69, 9.17) is 14.2 Å². The van der Waals surface area contributed by atoms with Crippen LogP contribution in [-0.2, 0) is 38.2 Å². The number of aliphatic hydroxyl groups is 2. The second kappa shape index (κ2) is 30.3. The van der Waals surface area contributed by atoms with Gasteiger partial charge < -0.3 is 35.1 Å². The van der Waals surface area contributed by atoms with Crippen molar-refractivity contribution in [1.82, 2.24) is 10.6 Å². The van der Waals surface area contributed by atoms with Gasteiger partial charge in [-0.25, -0.2) is 0 Å². The van der Waals surface area contributed by atoms with E-state index in [1.54, 1.807) is 6.92 Å². The molecule has 0 rings (SSSR count). The summed E-state index contributed by atoms with van der Waals surface area (Å²) in [6.45, 7) is 8.17. The van der Waals surface area contributed by atoms with E-state index in [0.29, 0.717) is 64.4 Å². The van der Waals surface area contributed by atoms with E-state index in [2.05, 4.69) is 24.5 Å². The van der Waals surface area contributed by atoms with Crippen molar-refractivity contribution in [3.63, 3.8) is 0 Å². The van der Waals surface area contributed by atoms with Crippen molar-refractivity contribution >= 4 is 29.7 Å². The predicted molar refractivity (Wildman–Crippen MR) is 184 cm³/mol. The molecule has 4 unspecified atom stereocenters. The third-order valence-electron chi connectivity index (χ3n) is 8.00. The summed E-state index contributed by atoms with van der Waals surface area (Å²) in [6.07, 6.45) is 9.24. The Morgan fingerprint density at radius 2 is 0.979 bits per heavy atom. The highest BCUT2D eigenvalue weighted by molar-refractivity contribution is 5.78. The van der Waals surface area contributed by atoms with Crippen LogP contribution in [-0.4, -0.2) is 77.6 Å². The first kappa shape index (κ1) is 45.3. The summed E-state index contributed by atoms with van der Waals surface area (Å²) in [6, 6.07) is 0. The summed E-state index contributed by atoms with van der Waals surface area (Å²) >= 11 is 0. The van der Waals surface area contributed by atoms with Crippen LogP contribution in [0.1, 0.15) is 163 Å². The van der Waals surface area contributed by atoms with Gasteiger partial charge in [0.15, 0.2) is 0 Å². The SMILES string of the molecule is CCCCCC(OC(=O)CC)C(O)CCCCC(=O)NCNC(=O)CCCCC(O)C(CCCCC)OC(=O)CCCC(=O)OCCC. The van der Waals surface area contributed by atoms with Gasteiger partial charge in [0.2, 0.25) is 11.8 Å². The van der Waals surface area contributed by atoms with E-state index in [1.165, 1.54) is 0 Å². The highest BCUT2D eigenvalue weighted by Gasteiger charge is 2.24. The number of unbranched alkanes of at least 4 members (excludes halogenated alkanes) is 6. The summed E-state index contributed by atoms with van der Waals surface area (Å²) in [5.74, 6) is -1.52. The third-order valence-corrected chi connectivity index (χ3v) is 8.00. The molecule has 2 amide bonds. The standard InChI is InChI=1S/C36H66N2O10/c1-5-9-11-20-30(47-34(43)8-4)28(39)18-13-15-22-32(41)37-27-38-33(42)23-16-14-19-29(40)31(21-12-10-6-2)48-36(45)25-17-24-35(44)46-26-7-3/h28-31,39-40H,5-27H2,1-4H3,(H,37,41)(H,38,42). The Balaban J connectivity index is 4.29. The summed E-state index contributed by atoms with van der Waals surface area (Å²) in [4.78, 5) is 60.1. The number of carbonyl (C=O) groups is 5. The first-order valence-corrected chi connectivity index (χ1v) is 18.5. The van der Waals surface area contributed by atoms with Gasteiger partial charge in [-0.05, 0) is 64.2 Å². The molecule has 48 heavy (non-hydrogen) atoms. The van der Waals surface area contributed by atoms with Crippen LogP contribution in [0.25, 0.3) is 0 Å². The minimum atomic E-state index is -0.845. The van der Waals surface area contributed by atoms with Gasteiger partial charge >= 0.3 is 17.9 Å². The van der Waals surface area contributed by atoms with Crippen molar-refractivity contribution in [2.24, 2.45) is 0 Å². The molecule has 0 spiro atoms. The lowest BCUT2D eigenvalue weighted by Gasteiger charge is -2.23. The molecule has 0 aromatic carbocycles. The molecule has 0 aromatic heterocycles. The van der Waals surface area contributed by atoms with Crippen LogP contribution in [0.3, 0.4) is 0 Å². The molecule has 0 aromatic rings. The molecule has 0 heterocycles. The number of hydrogen-bond acceptors (Lipinski definition) is 10. The number of hydrogen-bond donors (Lipinski definition) is 4. The highest BCUT2D eigenvalue weighted by atomic mass is 16.6. The van der Waals surface area contributed by atoms with Gasteiger partial charge in [0.05, 0.1) is 25.5 Å². The molecule has 4 N–H and O–H groups in total. The van der Waals surface area contributed by atoms with E-state index >= 15 is 0 Å². The Kier molecular flexibility index (Phi) is 28.6. The Morgan fingerprint density at radius 1 is 0.521 bits per heavy atom. The topological polar surface area (TPSA) is 178 Å². The molecule has 0 bridgehead atoms. The second-order valence-electron chi connectivity index (χ2n) is 12.5. The number of esters is 3. The highest BCUT2D eigenvalue weighted by Crippen LogP contribution is 2.18. The molecular formula is C36H66N2O10. The van der Waals surface area contributed by atoms with Gasteiger partial charge in [0, 0.05) is 32.1 Å². The Labute approximate surface area is 288 Å². The number of rotatable bonds is 31. The number of nitrogens with one attached hydrogen (secondary N) is 2. The average Bonchev–Trinajstić information content (AvgIpc) is 3.06. The molecule has 0 saturated heterocycles. The number of amides is 2. The summed E-state index contributed by atoms with van der Waals surface area (Å²) in [7, 11) is 0. The van der Waals surface area contributed by atoms with E-state index in [1.807, 2.05) is 6.92 Å². The summed E-state index contributed by atoms with van der Waals surface area (Å²) in [5, 5.41) is 26.6. The average molecular weight is 687 g/mol. The lowest BCUT2D eigenvalue weighted by molar-refractivity contribution is -0.157. The van der Waals surface area contributed by atoms with Crippen molar-refractivity contribution in [3.8, 4) is 0 Å². The summed E-state index contributed by atoms with van der Waals surface area (Å²) in [5.41, 5.74) is 0. The fourth-order valence-corrected chi connectivity index (χ4v) is 5.06. The van der Waals surface area contributed by atoms with E-state index in [0.717, 1.165) is 44.9 Å². The number of ether oxygens (including phenoxy) is 3. The van der Waals surface area contributed by atoms with Crippen LogP contribution in [0, 0.1) is 0 Å². The zero-order valence-electron chi connectivity index (χ0n) is 30.2. The minimum Gasteiger partial charge on any atom is -0.466 e. The maximum absolute atomic E-state index is 12.4. The number of aliphatic hydroxyl groups excluding tert-OH is 2. The molecule has 0 aliphatic heterocycles. The maximum Gasteiger partial charge on any atom is 0.306 e. The first-order valence-electron chi connectivity index (χ1n) is 18.5. The predicted octanol–water partition coefficient (Wildman–Crippen LogP) is 5.54. The van der Waals surface area contributed by atoms with Gasteiger partial charge in [-0.1, -0.05) is 66.2 Å².